The van der Waals surface area contributed by atoms with Crippen molar-refractivity contribution in [3.63, 3.8) is 0 Å². The van der Waals surface area contributed by atoms with Crippen LogP contribution in [0, 0.1) is 13.8 Å². The number of carbonyl (C=O) groups excluding carboxylic acids is 1. The number of aromatic nitrogens is 1. The predicted molar refractivity (Wildman–Crippen MR) is 131 cm³/mol. The number of ether oxygens (including phenoxy) is 1. The molecular formula is C24H29N3O2S2. The average molecular weight is 456 g/mol. The summed E-state index contributed by atoms with van der Waals surface area (Å²) in [5.74, 6) is 0.0167. The van der Waals surface area contributed by atoms with E-state index in [9.17, 15) is 4.79 Å². The van der Waals surface area contributed by atoms with Crippen molar-refractivity contribution < 1.29 is 9.53 Å². The standard InChI is InChI=1S/C24H29N3O2S2/c1-17-15-18(2)22-21(16-17)31-24(25-22)27(10-4-9-26-11-13-29-14-12-26)23(28)19-5-7-20(30-3)8-6-19/h5-8,15-16H,4,9-14H2,1-3H3. The zero-order chi connectivity index (χ0) is 21.8. The number of benzene rings is 2. The Morgan fingerprint density at radius 3 is 2.65 bits per heavy atom. The number of carbonyl (C=O) groups is 1. The second-order valence-corrected chi connectivity index (χ2v) is 9.81. The van der Waals surface area contributed by atoms with Crippen molar-refractivity contribution in [2.45, 2.75) is 25.2 Å². The van der Waals surface area contributed by atoms with Crippen LogP contribution in [0.15, 0.2) is 41.3 Å². The first kappa shape index (κ1) is 22.3. The molecule has 1 saturated heterocycles. The molecule has 7 heteroatoms. The molecule has 0 N–H and O–H groups in total. The number of thioether (sulfide) groups is 1. The molecule has 31 heavy (non-hydrogen) atoms. The van der Waals surface area contributed by atoms with E-state index in [0.717, 1.165) is 65.1 Å². The fourth-order valence-electron chi connectivity index (χ4n) is 3.93. The zero-order valence-corrected chi connectivity index (χ0v) is 20.0. The Morgan fingerprint density at radius 2 is 1.94 bits per heavy atom. The number of hydrogen-bond donors (Lipinski definition) is 0. The van der Waals surface area contributed by atoms with Gasteiger partial charge in [-0.3, -0.25) is 14.6 Å². The Kier molecular flexibility index (Phi) is 7.27. The lowest BCUT2D eigenvalue weighted by Crippen LogP contribution is -2.39. The van der Waals surface area contributed by atoms with Crippen molar-refractivity contribution >= 4 is 44.4 Å². The van der Waals surface area contributed by atoms with Gasteiger partial charge in [-0.1, -0.05) is 17.4 Å². The van der Waals surface area contributed by atoms with Crippen LogP contribution in [0.3, 0.4) is 0 Å². The lowest BCUT2D eigenvalue weighted by molar-refractivity contribution is 0.0376. The normalized spacial score (nSPS) is 14.8. The fourth-order valence-corrected chi connectivity index (χ4v) is 5.50. The number of nitrogens with zero attached hydrogens (tertiary/aromatic N) is 3. The Morgan fingerprint density at radius 1 is 1.19 bits per heavy atom. The molecule has 0 spiro atoms. The van der Waals surface area contributed by atoms with Gasteiger partial charge in [-0.15, -0.1) is 11.8 Å². The molecule has 0 bridgehead atoms. The lowest BCUT2D eigenvalue weighted by atomic mass is 10.1. The van der Waals surface area contributed by atoms with E-state index in [1.807, 2.05) is 35.4 Å². The maximum absolute atomic E-state index is 13.5. The van der Waals surface area contributed by atoms with Crippen LogP contribution >= 0.6 is 23.1 Å². The maximum atomic E-state index is 13.5. The average Bonchev–Trinajstić information content (AvgIpc) is 3.21. The van der Waals surface area contributed by atoms with Crippen LogP contribution in [-0.2, 0) is 4.74 Å². The Balaban J connectivity index is 1.59. The number of thiazole rings is 1. The summed E-state index contributed by atoms with van der Waals surface area (Å²) in [5, 5.41) is 0.782. The van der Waals surface area contributed by atoms with Gasteiger partial charge in [-0.2, -0.15) is 0 Å². The molecule has 1 aromatic heterocycles. The Labute approximate surface area is 192 Å². The molecule has 0 radical (unpaired) electrons. The van der Waals surface area contributed by atoms with Gasteiger partial charge in [0, 0.05) is 36.6 Å². The first-order valence-corrected chi connectivity index (χ1v) is 12.7. The molecule has 2 heterocycles. The molecule has 0 saturated carbocycles. The largest absolute Gasteiger partial charge is 0.379 e. The molecule has 0 unspecified atom stereocenters. The molecule has 2 aromatic carbocycles. The second kappa shape index (κ2) is 10.1. The van der Waals surface area contributed by atoms with Crippen LogP contribution in [0.4, 0.5) is 5.13 Å². The van der Waals surface area contributed by atoms with Crippen molar-refractivity contribution in [3.05, 3.63) is 53.1 Å². The summed E-state index contributed by atoms with van der Waals surface area (Å²) in [5.41, 5.74) is 4.08. The number of anilines is 1. The highest BCUT2D eigenvalue weighted by Gasteiger charge is 2.22. The molecule has 0 atom stereocenters. The maximum Gasteiger partial charge on any atom is 0.260 e. The van der Waals surface area contributed by atoms with Gasteiger partial charge < -0.3 is 4.74 Å². The summed E-state index contributed by atoms with van der Waals surface area (Å²) in [6.45, 7) is 9.31. The molecule has 1 fully saturated rings. The molecule has 4 rings (SSSR count). The predicted octanol–water partition coefficient (Wildman–Crippen LogP) is 5.00. The number of amides is 1. The van der Waals surface area contributed by atoms with Gasteiger partial charge >= 0.3 is 0 Å². The highest BCUT2D eigenvalue weighted by Crippen LogP contribution is 2.32. The number of fused-ring (bicyclic) bond motifs is 1. The van der Waals surface area contributed by atoms with E-state index in [-0.39, 0.29) is 5.91 Å². The van der Waals surface area contributed by atoms with Gasteiger partial charge in [-0.25, -0.2) is 4.98 Å². The van der Waals surface area contributed by atoms with E-state index >= 15 is 0 Å². The van der Waals surface area contributed by atoms with Gasteiger partial charge in [0.1, 0.15) is 0 Å². The minimum atomic E-state index is 0.0167. The molecule has 5 nitrogen and oxygen atoms in total. The minimum Gasteiger partial charge on any atom is -0.379 e. The van der Waals surface area contributed by atoms with Crippen LogP contribution in [0.5, 0.6) is 0 Å². The van der Waals surface area contributed by atoms with Crippen molar-refractivity contribution in [2.24, 2.45) is 0 Å². The SMILES string of the molecule is CSc1ccc(C(=O)N(CCCN2CCOCC2)c2nc3c(C)cc(C)cc3s2)cc1. The smallest absolute Gasteiger partial charge is 0.260 e. The Bertz CT molecular complexity index is 1040. The van der Waals surface area contributed by atoms with Gasteiger partial charge in [0.05, 0.1) is 23.4 Å². The summed E-state index contributed by atoms with van der Waals surface area (Å²) < 4.78 is 6.58. The molecular weight excluding hydrogens is 426 g/mol. The summed E-state index contributed by atoms with van der Waals surface area (Å²) in [6.07, 6.45) is 2.95. The van der Waals surface area contributed by atoms with E-state index in [1.54, 1.807) is 23.1 Å². The summed E-state index contributed by atoms with van der Waals surface area (Å²) in [7, 11) is 0. The highest BCUT2D eigenvalue weighted by atomic mass is 32.2. The van der Waals surface area contributed by atoms with Crippen LogP contribution < -0.4 is 4.90 Å². The lowest BCUT2D eigenvalue weighted by Gasteiger charge is -2.27. The molecule has 164 valence electrons. The number of morpholine rings is 1. The molecule has 3 aromatic rings. The Hall–Kier alpha value is -1.93. The van der Waals surface area contributed by atoms with Gasteiger partial charge in [0.15, 0.2) is 5.13 Å². The number of rotatable bonds is 7. The summed E-state index contributed by atoms with van der Waals surface area (Å²) in [6, 6.07) is 12.2. The quantitative estimate of drug-likeness (QED) is 0.469. The third kappa shape index (κ3) is 5.29. The molecule has 1 aliphatic rings. The van der Waals surface area contributed by atoms with E-state index in [2.05, 4.69) is 30.9 Å². The van der Waals surface area contributed by atoms with E-state index in [0.29, 0.717) is 12.1 Å². The second-order valence-electron chi connectivity index (χ2n) is 7.92. The van der Waals surface area contributed by atoms with Crippen LogP contribution in [0.2, 0.25) is 0 Å². The first-order valence-electron chi connectivity index (χ1n) is 10.7. The van der Waals surface area contributed by atoms with Crippen LogP contribution in [-0.4, -0.2) is 61.4 Å². The third-order valence-corrected chi connectivity index (χ3v) is 7.36. The fraction of sp³-hybridized carbons (Fsp3) is 0.417. The van der Waals surface area contributed by atoms with Crippen molar-refractivity contribution in [1.82, 2.24) is 9.88 Å². The molecule has 1 amide bonds. The molecule has 0 aliphatic carbocycles. The van der Waals surface area contributed by atoms with Crippen molar-refractivity contribution in [2.75, 3.05) is 50.5 Å². The van der Waals surface area contributed by atoms with Crippen LogP contribution in [0.1, 0.15) is 27.9 Å². The van der Waals surface area contributed by atoms with Crippen molar-refractivity contribution in [1.29, 1.82) is 0 Å². The van der Waals surface area contributed by atoms with E-state index in [1.165, 1.54) is 5.56 Å². The minimum absolute atomic E-state index is 0.0167. The highest BCUT2D eigenvalue weighted by molar-refractivity contribution is 7.98. The van der Waals surface area contributed by atoms with E-state index < -0.39 is 0 Å². The van der Waals surface area contributed by atoms with Gasteiger partial charge in [0.2, 0.25) is 0 Å². The topological polar surface area (TPSA) is 45.7 Å². The van der Waals surface area contributed by atoms with Gasteiger partial charge in [0.25, 0.3) is 5.91 Å². The van der Waals surface area contributed by atoms with Crippen LogP contribution in [0.25, 0.3) is 10.2 Å². The summed E-state index contributed by atoms with van der Waals surface area (Å²) in [4.78, 5) is 23.8. The first-order chi connectivity index (χ1) is 15.0. The molecule has 1 aliphatic heterocycles. The van der Waals surface area contributed by atoms with E-state index in [4.69, 9.17) is 9.72 Å². The van der Waals surface area contributed by atoms with Gasteiger partial charge in [-0.05, 0) is 68.0 Å². The monoisotopic (exact) mass is 455 g/mol. The zero-order valence-electron chi connectivity index (χ0n) is 18.4. The summed E-state index contributed by atoms with van der Waals surface area (Å²) >= 11 is 3.29. The third-order valence-electron chi connectivity index (χ3n) is 5.59. The number of hydrogen-bond acceptors (Lipinski definition) is 6. The van der Waals surface area contributed by atoms with Crippen molar-refractivity contribution in [3.8, 4) is 0 Å². The number of aryl methyl sites for hydroxylation is 2.